The predicted molar refractivity (Wildman–Crippen MR) is 111 cm³/mol. The third-order valence-corrected chi connectivity index (χ3v) is 7.05. The van der Waals surface area contributed by atoms with Crippen molar-refractivity contribution in [2.45, 2.75) is 38.3 Å². The lowest BCUT2D eigenvalue weighted by molar-refractivity contribution is 0.375. The van der Waals surface area contributed by atoms with E-state index in [4.69, 9.17) is 4.99 Å². The summed E-state index contributed by atoms with van der Waals surface area (Å²) >= 11 is 0. The topological polar surface area (TPSA) is 61.8 Å². The van der Waals surface area contributed by atoms with Crippen molar-refractivity contribution in [1.82, 2.24) is 10.2 Å². The molecule has 8 heteroatoms. The molecule has 1 saturated carbocycles. The van der Waals surface area contributed by atoms with Gasteiger partial charge in [-0.2, -0.15) is 0 Å². The van der Waals surface area contributed by atoms with Crippen molar-refractivity contribution in [3.63, 3.8) is 0 Å². The first kappa shape index (κ1) is 19.9. The summed E-state index contributed by atoms with van der Waals surface area (Å²) < 4.78 is 36.7. The van der Waals surface area contributed by atoms with Crippen molar-refractivity contribution in [2.24, 2.45) is 10.9 Å². The maximum Gasteiger partial charge on any atom is 0.194 e. The molecular formula is C18H25FIN3O2S. The van der Waals surface area contributed by atoms with Crippen LogP contribution in [0.1, 0.15) is 30.4 Å². The molecule has 1 aliphatic carbocycles. The molecule has 1 unspecified atom stereocenters. The van der Waals surface area contributed by atoms with Crippen LogP contribution >= 0.6 is 24.0 Å². The van der Waals surface area contributed by atoms with E-state index in [2.05, 4.69) is 10.2 Å². The first-order valence-electron chi connectivity index (χ1n) is 9.02. The number of hydrogen-bond donors (Lipinski definition) is 1. The van der Waals surface area contributed by atoms with E-state index in [1.54, 1.807) is 6.07 Å². The Kier molecular flexibility index (Phi) is 6.11. The highest BCUT2D eigenvalue weighted by molar-refractivity contribution is 14.0. The molecule has 2 aliphatic heterocycles. The van der Waals surface area contributed by atoms with Gasteiger partial charge in [0.2, 0.25) is 0 Å². The number of nitrogens with zero attached hydrogens (tertiary/aromatic N) is 2. The van der Waals surface area contributed by atoms with Gasteiger partial charge in [-0.3, -0.25) is 4.99 Å². The van der Waals surface area contributed by atoms with E-state index in [-0.39, 0.29) is 41.5 Å². The minimum atomic E-state index is -2.86. The second kappa shape index (κ2) is 8.00. The molecule has 0 aromatic heterocycles. The number of guanidine groups is 1. The number of aliphatic imine (C=N–C) groups is 1. The highest BCUT2D eigenvalue weighted by Crippen LogP contribution is 2.24. The Morgan fingerprint density at radius 2 is 2.08 bits per heavy atom. The van der Waals surface area contributed by atoms with Crippen molar-refractivity contribution in [3.8, 4) is 0 Å². The van der Waals surface area contributed by atoms with Crippen LogP contribution in [-0.2, 0) is 22.8 Å². The fraction of sp³-hybridized carbons (Fsp3) is 0.611. The minimum absolute atomic E-state index is 0. The Hall–Kier alpha value is -0.900. The monoisotopic (exact) mass is 493 g/mol. The van der Waals surface area contributed by atoms with Gasteiger partial charge in [0.25, 0.3) is 0 Å². The van der Waals surface area contributed by atoms with E-state index in [1.165, 1.54) is 6.07 Å². The molecule has 4 rings (SSSR count). The Bertz CT molecular complexity index is 796. The van der Waals surface area contributed by atoms with E-state index < -0.39 is 9.84 Å². The summed E-state index contributed by atoms with van der Waals surface area (Å²) in [6.45, 7) is 2.08. The normalized spacial score (nSPS) is 24.7. The molecule has 5 nitrogen and oxygen atoms in total. The van der Waals surface area contributed by atoms with Crippen molar-refractivity contribution >= 4 is 39.8 Å². The number of hydrogen-bond acceptors (Lipinski definition) is 3. The van der Waals surface area contributed by atoms with Gasteiger partial charge in [-0.1, -0.05) is 6.07 Å². The zero-order chi connectivity index (χ0) is 17.4. The number of sulfone groups is 1. The summed E-state index contributed by atoms with van der Waals surface area (Å²) in [5.41, 5.74) is 2.21. The quantitative estimate of drug-likeness (QED) is 0.399. The Morgan fingerprint density at radius 1 is 1.27 bits per heavy atom. The summed E-state index contributed by atoms with van der Waals surface area (Å²) in [4.78, 5) is 6.97. The maximum absolute atomic E-state index is 13.4. The third kappa shape index (κ3) is 4.88. The van der Waals surface area contributed by atoms with Crippen LogP contribution in [0.15, 0.2) is 23.2 Å². The highest BCUT2D eigenvalue weighted by Gasteiger charge is 2.30. The van der Waals surface area contributed by atoms with Gasteiger partial charge in [-0.15, -0.1) is 24.0 Å². The van der Waals surface area contributed by atoms with Crippen LogP contribution in [0.2, 0.25) is 0 Å². The molecular weight excluding hydrogens is 468 g/mol. The van der Waals surface area contributed by atoms with Crippen LogP contribution < -0.4 is 5.32 Å². The standard InChI is InChI=1S/C18H24FN3O2S.HI/c19-16-2-1-15-11-22(7-5-14(15)9-16)18(21-17-3-4-17)20-10-13-6-8-25(23,24)12-13;/h1-2,9,13,17H,3-8,10-12H2,(H,20,21);1H. The molecule has 0 spiro atoms. The summed E-state index contributed by atoms with van der Waals surface area (Å²) in [5.74, 6) is 1.38. The summed E-state index contributed by atoms with van der Waals surface area (Å²) in [6.07, 6.45) is 3.83. The average molecular weight is 493 g/mol. The summed E-state index contributed by atoms with van der Waals surface area (Å²) in [5, 5.41) is 3.50. The molecule has 0 amide bonds. The first-order valence-corrected chi connectivity index (χ1v) is 10.8. The molecule has 1 aromatic rings. The zero-order valence-corrected chi connectivity index (χ0v) is 17.8. The van der Waals surface area contributed by atoms with E-state index in [0.29, 0.717) is 24.8 Å². The van der Waals surface area contributed by atoms with Gasteiger partial charge in [-0.25, -0.2) is 12.8 Å². The predicted octanol–water partition coefficient (Wildman–Crippen LogP) is 2.34. The highest BCUT2D eigenvalue weighted by atomic mass is 127. The van der Waals surface area contributed by atoms with Crippen LogP contribution in [-0.4, -0.2) is 49.9 Å². The molecule has 144 valence electrons. The van der Waals surface area contributed by atoms with Gasteiger partial charge in [0.05, 0.1) is 11.5 Å². The van der Waals surface area contributed by atoms with Crippen LogP contribution in [0.5, 0.6) is 0 Å². The van der Waals surface area contributed by atoms with E-state index in [1.807, 2.05) is 6.07 Å². The average Bonchev–Trinajstić information content (AvgIpc) is 3.33. The lowest BCUT2D eigenvalue weighted by Gasteiger charge is -2.32. The molecule has 1 aromatic carbocycles. The molecule has 2 fully saturated rings. The van der Waals surface area contributed by atoms with Gasteiger partial charge in [-0.05, 0) is 54.9 Å². The summed E-state index contributed by atoms with van der Waals surface area (Å²) in [6, 6.07) is 5.48. The molecule has 3 aliphatic rings. The maximum atomic E-state index is 13.4. The number of halogens is 2. The van der Waals surface area contributed by atoms with Gasteiger partial charge < -0.3 is 10.2 Å². The van der Waals surface area contributed by atoms with Gasteiger partial charge in [0, 0.05) is 25.7 Å². The van der Waals surface area contributed by atoms with Gasteiger partial charge in [0.1, 0.15) is 5.82 Å². The first-order chi connectivity index (χ1) is 12.0. The van der Waals surface area contributed by atoms with Crippen LogP contribution in [0.3, 0.4) is 0 Å². The smallest absolute Gasteiger partial charge is 0.194 e. The SMILES string of the molecule is I.O=S1(=O)CCC(CN=C(NC2CC2)N2CCc3cc(F)ccc3C2)C1. The molecule has 0 radical (unpaired) electrons. The van der Waals surface area contributed by atoms with E-state index in [0.717, 1.165) is 49.4 Å². The molecule has 1 N–H and O–H groups in total. The number of fused-ring (bicyclic) bond motifs is 1. The van der Waals surface area contributed by atoms with Crippen LogP contribution in [0, 0.1) is 11.7 Å². The van der Waals surface area contributed by atoms with E-state index in [9.17, 15) is 12.8 Å². The lowest BCUT2D eigenvalue weighted by atomic mass is 10.00. The second-order valence-corrected chi connectivity index (χ2v) is 9.67. The van der Waals surface area contributed by atoms with E-state index >= 15 is 0 Å². The molecule has 26 heavy (non-hydrogen) atoms. The molecule has 0 bridgehead atoms. The number of benzene rings is 1. The van der Waals surface area contributed by atoms with Gasteiger partial charge in [0.15, 0.2) is 15.8 Å². The van der Waals surface area contributed by atoms with Gasteiger partial charge >= 0.3 is 0 Å². The molecule has 2 heterocycles. The number of rotatable bonds is 3. The van der Waals surface area contributed by atoms with Crippen LogP contribution in [0.4, 0.5) is 4.39 Å². The Balaban J connectivity index is 0.00000196. The fourth-order valence-corrected chi connectivity index (χ4v) is 5.43. The van der Waals surface area contributed by atoms with Crippen molar-refractivity contribution in [1.29, 1.82) is 0 Å². The molecule has 1 atom stereocenters. The Morgan fingerprint density at radius 3 is 2.77 bits per heavy atom. The Labute approximate surface area is 171 Å². The minimum Gasteiger partial charge on any atom is -0.353 e. The second-order valence-electron chi connectivity index (χ2n) is 7.44. The van der Waals surface area contributed by atoms with Crippen LogP contribution in [0.25, 0.3) is 0 Å². The molecule has 1 saturated heterocycles. The lowest BCUT2D eigenvalue weighted by Crippen LogP contribution is -2.45. The van der Waals surface area contributed by atoms with Crippen molar-refractivity contribution in [2.75, 3.05) is 24.6 Å². The van der Waals surface area contributed by atoms with Crippen molar-refractivity contribution in [3.05, 3.63) is 35.1 Å². The fourth-order valence-electron chi connectivity index (χ4n) is 3.58. The largest absolute Gasteiger partial charge is 0.353 e. The summed E-state index contributed by atoms with van der Waals surface area (Å²) in [7, 11) is -2.86. The number of nitrogens with one attached hydrogen (secondary N) is 1. The third-order valence-electron chi connectivity index (χ3n) is 5.22. The zero-order valence-electron chi connectivity index (χ0n) is 14.7. The van der Waals surface area contributed by atoms with Crippen molar-refractivity contribution < 1.29 is 12.8 Å².